The molecule has 10 heteroatoms. The highest BCUT2D eigenvalue weighted by atomic mass is 16.4. The number of carbonyl (C=O) groups excluding carboxylic acids is 1. The lowest BCUT2D eigenvalue weighted by molar-refractivity contribution is -0.265. The molecule has 0 aliphatic rings. The van der Waals surface area contributed by atoms with Crippen LogP contribution in [0, 0.1) is 0 Å². The molecule has 0 saturated heterocycles. The molecule has 10 nitrogen and oxygen atoms in total. The van der Waals surface area contributed by atoms with Crippen molar-refractivity contribution < 1.29 is 30.3 Å². The lowest BCUT2D eigenvalue weighted by atomic mass is 9.86. The molecular formula is C6H16N4O6. The Morgan fingerprint density at radius 3 is 1.81 bits per heavy atom. The molecule has 0 aromatic heterocycles. The topological polar surface area (TPSA) is 222 Å². The van der Waals surface area contributed by atoms with Gasteiger partial charge in [-0.25, -0.2) is 0 Å². The van der Waals surface area contributed by atoms with E-state index in [0.29, 0.717) is 0 Å². The molecule has 96 valence electrons. The molecule has 0 heterocycles. The van der Waals surface area contributed by atoms with Crippen LogP contribution in [0.1, 0.15) is 0 Å². The number of hydrogen-bond acceptors (Lipinski definition) is 9. The van der Waals surface area contributed by atoms with Gasteiger partial charge in [0.25, 0.3) is 5.91 Å². The van der Waals surface area contributed by atoms with Crippen LogP contribution in [0.2, 0.25) is 0 Å². The molecule has 0 spiro atoms. The van der Waals surface area contributed by atoms with Gasteiger partial charge in [0.15, 0.2) is 5.72 Å². The normalized spacial score (nSPS) is 25.0. The summed E-state index contributed by atoms with van der Waals surface area (Å²) in [6, 6.07) is 0. The molecule has 0 bridgehead atoms. The second kappa shape index (κ2) is 4.20. The number of carbonyl (C=O) groups is 1. The summed E-state index contributed by atoms with van der Waals surface area (Å²) in [6.45, 7) is -1.11. The van der Waals surface area contributed by atoms with Crippen LogP contribution in [0.5, 0.6) is 0 Å². The lowest BCUT2D eigenvalue weighted by Gasteiger charge is -2.45. The second-order valence-corrected chi connectivity index (χ2v) is 3.42. The fourth-order valence-corrected chi connectivity index (χ4v) is 0.886. The van der Waals surface area contributed by atoms with Gasteiger partial charge in [0.2, 0.25) is 11.4 Å². The van der Waals surface area contributed by atoms with Gasteiger partial charge in [-0.3, -0.25) is 22.0 Å². The molecule has 0 radical (unpaired) electrons. The Hall–Kier alpha value is -0.850. The Labute approximate surface area is 90.1 Å². The summed E-state index contributed by atoms with van der Waals surface area (Å²) < 4.78 is 0. The predicted molar refractivity (Wildman–Crippen MR) is 49.7 cm³/mol. The summed E-state index contributed by atoms with van der Waals surface area (Å²) in [6.07, 6.45) is -2.17. The highest BCUT2D eigenvalue weighted by molar-refractivity contribution is 5.84. The van der Waals surface area contributed by atoms with Gasteiger partial charge in [-0.1, -0.05) is 0 Å². The van der Waals surface area contributed by atoms with Crippen molar-refractivity contribution in [2.75, 3.05) is 6.61 Å². The Balaban J connectivity index is 5.42. The van der Waals surface area contributed by atoms with E-state index in [1.165, 1.54) is 0 Å². The van der Waals surface area contributed by atoms with E-state index in [2.05, 4.69) is 5.73 Å². The van der Waals surface area contributed by atoms with Crippen LogP contribution in [0.4, 0.5) is 0 Å². The molecule has 0 aliphatic carbocycles. The van der Waals surface area contributed by atoms with Crippen molar-refractivity contribution in [2.45, 2.75) is 23.3 Å². The van der Waals surface area contributed by atoms with Gasteiger partial charge in [0.1, 0.15) is 6.10 Å². The van der Waals surface area contributed by atoms with Crippen LogP contribution in [-0.2, 0) is 4.79 Å². The maximum absolute atomic E-state index is 10.7. The quantitative estimate of drug-likeness (QED) is 0.208. The zero-order valence-corrected chi connectivity index (χ0v) is 8.24. The standard InChI is InChI=1S/C6H16N4O6/c7-3(13)5(9,15)6(10,16)4(8,14)2(12)1-11/h2,11-12,14-16H,1,8-10H2,(H2,7,13)/t2-,4-,5+,6+/m1/s1. The molecule has 0 aliphatic heterocycles. The van der Waals surface area contributed by atoms with Crippen LogP contribution in [0.3, 0.4) is 0 Å². The zero-order valence-electron chi connectivity index (χ0n) is 8.24. The molecule has 0 fully saturated rings. The Morgan fingerprint density at radius 2 is 1.56 bits per heavy atom. The van der Waals surface area contributed by atoms with Crippen molar-refractivity contribution in [1.82, 2.24) is 0 Å². The zero-order chi connectivity index (χ0) is 13.4. The van der Waals surface area contributed by atoms with Gasteiger partial charge in [-0.05, 0) is 0 Å². The van der Waals surface area contributed by atoms with Crippen molar-refractivity contribution in [1.29, 1.82) is 0 Å². The Morgan fingerprint density at radius 1 is 1.19 bits per heavy atom. The van der Waals surface area contributed by atoms with Crippen molar-refractivity contribution in [3.63, 3.8) is 0 Å². The highest BCUT2D eigenvalue weighted by Crippen LogP contribution is 2.24. The summed E-state index contributed by atoms with van der Waals surface area (Å²) >= 11 is 0. The predicted octanol–water partition coefficient (Wildman–Crippen LogP) is -6.23. The van der Waals surface area contributed by atoms with Crippen molar-refractivity contribution in [2.24, 2.45) is 22.9 Å². The van der Waals surface area contributed by atoms with E-state index in [1.54, 1.807) is 0 Å². The minimum absolute atomic E-state index is 1.11. The van der Waals surface area contributed by atoms with E-state index in [-0.39, 0.29) is 0 Å². The first-order valence-electron chi connectivity index (χ1n) is 4.05. The summed E-state index contributed by atoms with van der Waals surface area (Å²) in [4.78, 5) is 10.7. The van der Waals surface area contributed by atoms with Crippen LogP contribution in [0.25, 0.3) is 0 Å². The first kappa shape index (κ1) is 15.2. The average molecular weight is 240 g/mol. The summed E-state index contributed by atoms with van der Waals surface area (Å²) in [5, 5.41) is 45.9. The molecule has 0 rings (SSSR count). The first-order valence-corrected chi connectivity index (χ1v) is 4.05. The number of rotatable bonds is 5. The number of aliphatic hydroxyl groups excluding tert-OH is 2. The summed E-state index contributed by atoms with van der Waals surface area (Å²) in [7, 11) is 0. The number of hydrogen-bond donors (Lipinski definition) is 9. The van der Waals surface area contributed by atoms with Gasteiger partial charge in [-0.2, -0.15) is 0 Å². The Kier molecular flexibility index (Phi) is 3.97. The fourth-order valence-electron chi connectivity index (χ4n) is 0.886. The third kappa shape index (κ3) is 2.00. The first-order chi connectivity index (χ1) is 6.92. The molecule has 1 amide bonds. The third-order valence-corrected chi connectivity index (χ3v) is 2.25. The molecule has 16 heavy (non-hydrogen) atoms. The summed E-state index contributed by atoms with van der Waals surface area (Å²) in [5.74, 6) is -1.69. The maximum Gasteiger partial charge on any atom is 0.269 e. The van der Waals surface area contributed by atoms with Crippen LogP contribution in [-0.4, -0.2) is 61.3 Å². The molecule has 4 atom stereocenters. The fraction of sp³-hybridized carbons (Fsp3) is 0.833. The molecule has 0 unspecified atom stereocenters. The minimum Gasteiger partial charge on any atom is -0.394 e. The van der Waals surface area contributed by atoms with E-state index in [0.717, 1.165) is 0 Å². The van der Waals surface area contributed by atoms with Gasteiger partial charge in [-0.15, -0.1) is 0 Å². The van der Waals surface area contributed by atoms with Crippen LogP contribution < -0.4 is 22.9 Å². The van der Waals surface area contributed by atoms with E-state index in [1.807, 2.05) is 0 Å². The van der Waals surface area contributed by atoms with Crippen LogP contribution in [0.15, 0.2) is 0 Å². The van der Waals surface area contributed by atoms with Crippen molar-refractivity contribution in [3.8, 4) is 0 Å². The van der Waals surface area contributed by atoms with E-state index in [4.69, 9.17) is 27.4 Å². The van der Waals surface area contributed by atoms with Crippen LogP contribution >= 0.6 is 0 Å². The third-order valence-electron chi connectivity index (χ3n) is 2.25. The summed E-state index contributed by atoms with van der Waals surface area (Å²) in [5.41, 5.74) is 9.64. The molecular weight excluding hydrogens is 224 g/mol. The van der Waals surface area contributed by atoms with E-state index >= 15 is 0 Å². The maximum atomic E-state index is 10.7. The number of amides is 1. The van der Waals surface area contributed by atoms with Gasteiger partial charge in [0.05, 0.1) is 6.61 Å². The lowest BCUT2D eigenvalue weighted by Crippen LogP contribution is -2.85. The molecule has 13 N–H and O–H groups in total. The number of primary amides is 1. The van der Waals surface area contributed by atoms with Crippen molar-refractivity contribution >= 4 is 5.91 Å². The van der Waals surface area contributed by atoms with E-state index < -0.39 is 35.8 Å². The number of nitrogens with two attached hydrogens (primary N) is 4. The Bertz CT molecular complexity index is 278. The molecule has 0 aromatic rings. The second-order valence-electron chi connectivity index (χ2n) is 3.42. The molecule has 0 aromatic carbocycles. The van der Waals surface area contributed by atoms with Gasteiger partial charge in [0, 0.05) is 0 Å². The SMILES string of the molecule is NC(=O)[C@](N)(O)[C@@](N)(O)[C@](N)(O)[C@H](O)CO. The van der Waals surface area contributed by atoms with E-state index in [9.17, 15) is 20.1 Å². The average Bonchev–Trinajstić information content (AvgIpc) is 2.15. The van der Waals surface area contributed by atoms with Gasteiger partial charge < -0.3 is 31.3 Å². The monoisotopic (exact) mass is 240 g/mol. The number of aliphatic hydroxyl groups is 5. The largest absolute Gasteiger partial charge is 0.394 e. The highest BCUT2D eigenvalue weighted by Gasteiger charge is 2.62. The van der Waals surface area contributed by atoms with Crippen molar-refractivity contribution in [3.05, 3.63) is 0 Å². The minimum atomic E-state index is -3.38. The molecule has 0 saturated carbocycles. The van der Waals surface area contributed by atoms with Gasteiger partial charge >= 0.3 is 0 Å². The smallest absolute Gasteiger partial charge is 0.269 e.